The molecule has 0 aromatic carbocycles. The molecule has 1 aromatic rings. The van der Waals surface area contributed by atoms with Gasteiger partial charge in [0, 0.05) is 33.2 Å². The Labute approximate surface area is 157 Å². The Hall–Kier alpha value is -2.62. The molecule has 1 unspecified atom stereocenters. The van der Waals surface area contributed by atoms with Crippen molar-refractivity contribution in [3.63, 3.8) is 0 Å². The van der Waals surface area contributed by atoms with Gasteiger partial charge in [-0.1, -0.05) is 13.3 Å². The summed E-state index contributed by atoms with van der Waals surface area (Å²) < 4.78 is 1.61. The van der Waals surface area contributed by atoms with Gasteiger partial charge in [0.1, 0.15) is 11.9 Å². The van der Waals surface area contributed by atoms with E-state index in [2.05, 4.69) is 4.98 Å². The predicted octanol–water partition coefficient (Wildman–Crippen LogP) is 0.813. The molecule has 0 spiro atoms. The molecule has 1 atom stereocenters. The molecule has 0 aliphatic carbocycles. The smallest absolute Gasteiger partial charge is 0.407 e. The molecule has 1 fully saturated rings. The van der Waals surface area contributed by atoms with Gasteiger partial charge in [-0.3, -0.25) is 14.7 Å². The third kappa shape index (κ3) is 3.48. The normalized spacial score (nSPS) is 18.6. The highest BCUT2D eigenvalue weighted by molar-refractivity contribution is 5.85. The van der Waals surface area contributed by atoms with E-state index < -0.39 is 12.1 Å². The van der Waals surface area contributed by atoms with Gasteiger partial charge in [0.2, 0.25) is 5.91 Å². The van der Waals surface area contributed by atoms with Crippen LogP contribution in [0.4, 0.5) is 9.59 Å². The molecule has 0 bridgehead atoms. The fraction of sp³-hybridized carbons (Fsp3) is 0.647. The highest BCUT2D eigenvalue weighted by Crippen LogP contribution is 2.21. The topological polar surface area (TPSA) is 102 Å². The maximum Gasteiger partial charge on any atom is 0.407 e. The lowest BCUT2D eigenvalue weighted by atomic mass is 10.1. The van der Waals surface area contributed by atoms with Gasteiger partial charge in [0.05, 0.1) is 18.4 Å². The molecule has 148 valence electrons. The van der Waals surface area contributed by atoms with Crippen LogP contribution < -0.4 is 0 Å². The first kappa shape index (κ1) is 19.2. The zero-order chi connectivity index (χ0) is 19.7. The van der Waals surface area contributed by atoms with E-state index in [1.807, 2.05) is 11.9 Å². The summed E-state index contributed by atoms with van der Waals surface area (Å²) in [6.07, 6.45) is 1.83. The van der Waals surface area contributed by atoms with Crippen molar-refractivity contribution in [2.75, 3.05) is 33.2 Å². The highest BCUT2D eigenvalue weighted by Gasteiger charge is 2.37. The summed E-state index contributed by atoms with van der Waals surface area (Å²) in [4.78, 5) is 43.6. The van der Waals surface area contributed by atoms with E-state index in [0.717, 1.165) is 17.0 Å². The van der Waals surface area contributed by atoms with Crippen LogP contribution in [0.1, 0.15) is 31.3 Å². The molecule has 3 heterocycles. The predicted molar refractivity (Wildman–Crippen MR) is 95.9 cm³/mol. The number of nitrogens with zero attached hydrogens (tertiary/aromatic N) is 6. The number of imidazole rings is 1. The third-order valence-corrected chi connectivity index (χ3v) is 5.26. The molecule has 10 nitrogen and oxygen atoms in total. The monoisotopic (exact) mass is 378 g/mol. The summed E-state index contributed by atoms with van der Waals surface area (Å²) in [6, 6.07) is -0.781. The number of hydrogen-bond acceptors (Lipinski definition) is 5. The molecule has 3 rings (SSSR count). The fourth-order valence-corrected chi connectivity index (χ4v) is 3.68. The van der Waals surface area contributed by atoms with Crippen LogP contribution in [-0.4, -0.2) is 91.8 Å². The van der Waals surface area contributed by atoms with Gasteiger partial charge < -0.3 is 10.0 Å². The number of aryl methyl sites for hydroxylation is 1. The van der Waals surface area contributed by atoms with Crippen molar-refractivity contribution in [1.82, 2.24) is 29.4 Å². The van der Waals surface area contributed by atoms with Crippen molar-refractivity contribution in [2.45, 2.75) is 39.3 Å². The Kier molecular flexibility index (Phi) is 5.36. The molecular formula is C17H26N6O4. The molecule has 2 aliphatic rings. The second-order valence-corrected chi connectivity index (χ2v) is 6.95. The molecule has 10 heteroatoms. The van der Waals surface area contributed by atoms with E-state index >= 15 is 0 Å². The van der Waals surface area contributed by atoms with Gasteiger partial charge in [0.25, 0.3) is 0 Å². The largest absolute Gasteiger partial charge is 0.465 e. The van der Waals surface area contributed by atoms with Crippen LogP contribution in [-0.2, 0) is 11.3 Å². The lowest BCUT2D eigenvalue weighted by Gasteiger charge is -2.40. The zero-order valence-corrected chi connectivity index (χ0v) is 16.0. The van der Waals surface area contributed by atoms with Gasteiger partial charge in [-0.15, -0.1) is 0 Å². The lowest BCUT2D eigenvalue weighted by Crippen LogP contribution is -2.58. The van der Waals surface area contributed by atoms with E-state index in [-0.39, 0.29) is 11.9 Å². The summed E-state index contributed by atoms with van der Waals surface area (Å²) in [5, 5.41) is 12.9. The summed E-state index contributed by atoms with van der Waals surface area (Å²) in [5.41, 5.74) is 0.863. The number of hydrazine groups is 1. The molecule has 27 heavy (non-hydrogen) atoms. The Morgan fingerprint density at radius 3 is 2.52 bits per heavy atom. The van der Waals surface area contributed by atoms with E-state index in [1.165, 1.54) is 7.05 Å². The van der Waals surface area contributed by atoms with Gasteiger partial charge in [-0.2, -0.15) is 0 Å². The Morgan fingerprint density at radius 2 is 1.96 bits per heavy atom. The van der Waals surface area contributed by atoms with Crippen LogP contribution in [0.5, 0.6) is 0 Å². The lowest BCUT2D eigenvalue weighted by molar-refractivity contribution is -0.140. The number of piperazine rings is 1. The number of carboxylic acid groups (broad SMARTS) is 1. The van der Waals surface area contributed by atoms with Crippen LogP contribution in [0.25, 0.3) is 0 Å². The minimum Gasteiger partial charge on any atom is -0.465 e. The molecule has 0 saturated carbocycles. The Bertz CT molecular complexity index is 740. The minimum absolute atomic E-state index is 0.116. The molecule has 1 N–H and O–H groups in total. The molecule has 1 aromatic heterocycles. The summed E-state index contributed by atoms with van der Waals surface area (Å²) in [7, 11) is 1.44. The van der Waals surface area contributed by atoms with E-state index in [9.17, 15) is 19.5 Å². The average Bonchev–Trinajstić information content (AvgIpc) is 3.19. The summed E-state index contributed by atoms with van der Waals surface area (Å²) in [6.45, 7) is 6.20. The first-order valence-electron chi connectivity index (χ1n) is 9.19. The van der Waals surface area contributed by atoms with Crippen LogP contribution in [0.15, 0.2) is 6.20 Å². The van der Waals surface area contributed by atoms with E-state index in [1.54, 1.807) is 27.6 Å². The second-order valence-electron chi connectivity index (χ2n) is 6.95. The standard InChI is InChI=1S/C17H26N6O4/c1-4-5-14(19(3)17(26)27)15(24)20-6-8-21(9-7-20)22-11-13-10-18-12(2)23(13)16(22)25/h10,14H,4-9,11H2,1-3H3,(H,26,27). The maximum atomic E-state index is 12.8. The summed E-state index contributed by atoms with van der Waals surface area (Å²) in [5.74, 6) is 0.505. The van der Waals surface area contributed by atoms with Gasteiger partial charge in [0.15, 0.2) is 0 Å². The van der Waals surface area contributed by atoms with Crippen LogP contribution in [0.3, 0.4) is 0 Å². The fourth-order valence-electron chi connectivity index (χ4n) is 3.68. The van der Waals surface area contributed by atoms with Crippen LogP contribution in [0, 0.1) is 6.92 Å². The number of likely N-dealkylation sites (N-methyl/N-ethyl adjacent to an activating group) is 1. The molecule has 3 amide bonds. The van der Waals surface area contributed by atoms with Crippen molar-refractivity contribution in [2.24, 2.45) is 0 Å². The van der Waals surface area contributed by atoms with E-state index in [4.69, 9.17) is 0 Å². The van der Waals surface area contributed by atoms with Gasteiger partial charge in [-0.25, -0.2) is 24.1 Å². The number of aromatic nitrogens is 2. The van der Waals surface area contributed by atoms with Crippen molar-refractivity contribution in [3.8, 4) is 0 Å². The highest BCUT2D eigenvalue weighted by atomic mass is 16.4. The van der Waals surface area contributed by atoms with E-state index in [0.29, 0.717) is 45.0 Å². The van der Waals surface area contributed by atoms with Crippen molar-refractivity contribution >= 4 is 18.0 Å². The third-order valence-electron chi connectivity index (χ3n) is 5.26. The van der Waals surface area contributed by atoms with Crippen molar-refractivity contribution < 1.29 is 19.5 Å². The summed E-state index contributed by atoms with van der Waals surface area (Å²) >= 11 is 0. The zero-order valence-electron chi connectivity index (χ0n) is 16.0. The molecule has 1 saturated heterocycles. The SMILES string of the molecule is CCCC(C(=O)N1CCN(N2Cc3cnc(C)n3C2=O)CC1)N(C)C(=O)O. The maximum absolute atomic E-state index is 12.8. The van der Waals surface area contributed by atoms with Gasteiger partial charge in [-0.05, 0) is 13.3 Å². The first-order chi connectivity index (χ1) is 12.8. The Morgan fingerprint density at radius 1 is 1.30 bits per heavy atom. The quantitative estimate of drug-likeness (QED) is 0.814. The number of amides is 3. The first-order valence-corrected chi connectivity index (χ1v) is 9.19. The second kappa shape index (κ2) is 7.55. The number of carbonyl (C=O) groups is 3. The number of carbonyl (C=O) groups excluding carboxylic acids is 2. The van der Waals surface area contributed by atoms with Crippen molar-refractivity contribution in [1.29, 1.82) is 0 Å². The van der Waals surface area contributed by atoms with Crippen LogP contribution in [0.2, 0.25) is 0 Å². The number of rotatable bonds is 5. The number of hydrogen-bond donors (Lipinski definition) is 1. The molecular weight excluding hydrogens is 352 g/mol. The van der Waals surface area contributed by atoms with Gasteiger partial charge >= 0.3 is 12.1 Å². The Balaban J connectivity index is 1.61. The van der Waals surface area contributed by atoms with Crippen LogP contribution >= 0.6 is 0 Å². The minimum atomic E-state index is -1.10. The molecule has 2 aliphatic heterocycles. The number of fused-ring (bicyclic) bond motifs is 1. The average molecular weight is 378 g/mol. The molecule has 0 radical (unpaired) electrons. The van der Waals surface area contributed by atoms with Crippen molar-refractivity contribution in [3.05, 3.63) is 17.7 Å².